The zero-order valence-corrected chi connectivity index (χ0v) is 12.0. The Morgan fingerprint density at radius 3 is 3.06 bits per heavy atom. The molecule has 0 amide bonds. The van der Waals surface area contributed by atoms with Crippen molar-refractivity contribution >= 4 is 15.9 Å². The molecule has 2 atom stereocenters. The molecular formula is C14H19BrN2O. The van der Waals surface area contributed by atoms with Gasteiger partial charge in [0.15, 0.2) is 0 Å². The van der Waals surface area contributed by atoms with E-state index in [1.54, 1.807) is 0 Å². The van der Waals surface area contributed by atoms with Crippen LogP contribution in [0.5, 0.6) is 5.75 Å². The van der Waals surface area contributed by atoms with Crippen molar-refractivity contribution in [2.24, 2.45) is 5.73 Å². The Bertz CT molecular complexity index is 450. The number of benzene rings is 1. The normalized spacial score (nSPS) is 26.1. The van der Waals surface area contributed by atoms with Gasteiger partial charge in [0.1, 0.15) is 5.75 Å². The molecule has 1 heterocycles. The van der Waals surface area contributed by atoms with Gasteiger partial charge >= 0.3 is 0 Å². The van der Waals surface area contributed by atoms with Gasteiger partial charge < -0.3 is 15.8 Å². The highest BCUT2D eigenvalue weighted by Gasteiger charge is 2.22. The van der Waals surface area contributed by atoms with Crippen LogP contribution in [0.4, 0.5) is 0 Å². The van der Waals surface area contributed by atoms with Crippen molar-refractivity contribution in [3.63, 3.8) is 0 Å². The molecule has 0 radical (unpaired) electrons. The van der Waals surface area contributed by atoms with Gasteiger partial charge in [-0.3, -0.25) is 0 Å². The lowest BCUT2D eigenvalue weighted by atomic mass is 10.1. The summed E-state index contributed by atoms with van der Waals surface area (Å²) in [5, 5.41) is 3.60. The Labute approximate surface area is 116 Å². The Morgan fingerprint density at radius 2 is 2.28 bits per heavy atom. The number of ether oxygens (including phenoxy) is 1. The maximum Gasteiger partial charge on any atom is 0.127 e. The second-order valence-electron chi connectivity index (χ2n) is 5.30. The fourth-order valence-corrected chi connectivity index (χ4v) is 3.49. The molecule has 0 spiro atoms. The molecule has 1 saturated carbocycles. The highest BCUT2D eigenvalue weighted by molar-refractivity contribution is 9.10. The molecule has 0 bridgehead atoms. The van der Waals surface area contributed by atoms with Crippen molar-refractivity contribution in [2.45, 2.75) is 44.3 Å². The van der Waals surface area contributed by atoms with Crippen LogP contribution in [-0.4, -0.2) is 18.7 Å². The van der Waals surface area contributed by atoms with Gasteiger partial charge in [0.2, 0.25) is 0 Å². The number of hydrogen-bond acceptors (Lipinski definition) is 3. The predicted molar refractivity (Wildman–Crippen MR) is 75.8 cm³/mol. The van der Waals surface area contributed by atoms with E-state index in [-0.39, 0.29) is 0 Å². The molecule has 18 heavy (non-hydrogen) atoms. The first-order valence-corrected chi connectivity index (χ1v) is 7.45. The molecule has 98 valence electrons. The second-order valence-corrected chi connectivity index (χ2v) is 6.22. The first kappa shape index (κ1) is 12.5. The van der Waals surface area contributed by atoms with Crippen molar-refractivity contribution in [1.82, 2.24) is 5.32 Å². The van der Waals surface area contributed by atoms with E-state index in [1.165, 1.54) is 17.5 Å². The molecule has 0 aromatic heterocycles. The molecule has 2 unspecified atom stereocenters. The Kier molecular flexibility index (Phi) is 3.59. The van der Waals surface area contributed by atoms with Crippen LogP contribution in [-0.2, 0) is 13.0 Å². The molecule has 1 aromatic carbocycles. The molecule has 1 aliphatic carbocycles. The third-order valence-corrected chi connectivity index (χ3v) is 4.34. The van der Waals surface area contributed by atoms with Gasteiger partial charge in [0.25, 0.3) is 0 Å². The lowest BCUT2D eigenvalue weighted by Gasteiger charge is -2.14. The third kappa shape index (κ3) is 2.56. The van der Waals surface area contributed by atoms with Crippen LogP contribution in [0.15, 0.2) is 16.6 Å². The largest absolute Gasteiger partial charge is 0.493 e. The van der Waals surface area contributed by atoms with Gasteiger partial charge in [-0.2, -0.15) is 0 Å². The number of nitrogens with two attached hydrogens (primary N) is 1. The van der Waals surface area contributed by atoms with Gasteiger partial charge in [0, 0.05) is 35.1 Å². The topological polar surface area (TPSA) is 47.3 Å². The van der Waals surface area contributed by atoms with E-state index >= 15 is 0 Å². The van der Waals surface area contributed by atoms with Crippen LogP contribution >= 0.6 is 15.9 Å². The van der Waals surface area contributed by atoms with Gasteiger partial charge in [-0.1, -0.05) is 15.9 Å². The van der Waals surface area contributed by atoms with E-state index in [2.05, 4.69) is 33.4 Å². The summed E-state index contributed by atoms with van der Waals surface area (Å²) < 4.78 is 6.88. The van der Waals surface area contributed by atoms with Gasteiger partial charge in [-0.25, -0.2) is 0 Å². The van der Waals surface area contributed by atoms with Crippen molar-refractivity contribution in [1.29, 1.82) is 0 Å². The maximum absolute atomic E-state index is 5.94. The average Bonchev–Trinajstić information content (AvgIpc) is 2.94. The fourth-order valence-electron chi connectivity index (χ4n) is 2.93. The number of rotatable bonds is 3. The molecule has 3 rings (SSSR count). The molecule has 4 heteroatoms. The van der Waals surface area contributed by atoms with Crippen LogP contribution in [0, 0.1) is 0 Å². The minimum Gasteiger partial charge on any atom is -0.493 e. The lowest BCUT2D eigenvalue weighted by Crippen LogP contribution is -2.28. The zero-order valence-electron chi connectivity index (χ0n) is 10.4. The summed E-state index contributed by atoms with van der Waals surface area (Å²) >= 11 is 3.58. The first-order chi connectivity index (χ1) is 8.72. The first-order valence-electron chi connectivity index (χ1n) is 6.65. The maximum atomic E-state index is 5.94. The van der Waals surface area contributed by atoms with E-state index in [1.807, 2.05) is 0 Å². The van der Waals surface area contributed by atoms with E-state index < -0.39 is 0 Å². The van der Waals surface area contributed by atoms with Crippen LogP contribution in [0.1, 0.15) is 30.4 Å². The van der Waals surface area contributed by atoms with Gasteiger partial charge in [-0.15, -0.1) is 0 Å². The van der Waals surface area contributed by atoms with Gasteiger partial charge in [-0.05, 0) is 37.0 Å². The van der Waals surface area contributed by atoms with E-state index in [9.17, 15) is 0 Å². The standard InChI is InChI=1S/C14H19BrN2O/c15-11-5-9-3-4-18-14(9)10(6-11)8-17-13-2-1-12(16)7-13/h5-6,12-13,17H,1-4,7-8,16H2. The van der Waals surface area contributed by atoms with Crippen molar-refractivity contribution < 1.29 is 4.74 Å². The van der Waals surface area contributed by atoms with Crippen LogP contribution in [0.2, 0.25) is 0 Å². The van der Waals surface area contributed by atoms with Gasteiger partial charge in [0.05, 0.1) is 6.61 Å². The Morgan fingerprint density at radius 1 is 1.39 bits per heavy atom. The molecule has 3 N–H and O–H groups in total. The molecule has 0 saturated heterocycles. The van der Waals surface area contributed by atoms with Crippen LogP contribution in [0.25, 0.3) is 0 Å². The Balaban J connectivity index is 1.69. The highest BCUT2D eigenvalue weighted by Crippen LogP contribution is 2.33. The summed E-state index contributed by atoms with van der Waals surface area (Å²) in [5.74, 6) is 1.09. The van der Waals surface area contributed by atoms with Crippen molar-refractivity contribution in [3.05, 3.63) is 27.7 Å². The minimum absolute atomic E-state index is 0.381. The number of halogens is 1. The number of nitrogens with one attached hydrogen (secondary N) is 1. The van der Waals surface area contributed by atoms with Crippen molar-refractivity contribution in [3.8, 4) is 5.75 Å². The highest BCUT2D eigenvalue weighted by atomic mass is 79.9. The summed E-state index contributed by atoms with van der Waals surface area (Å²) in [7, 11) is 0. The zero-order chi connectivity index (χ0) is 12.5. The quantitative estimate of drug-likeness (QED) is 0.901. The second kappa shape index (κ2) is 5.19. The van der Waals surface area contributed by atoms with E-state index in [4.69, 9.17) is 10.5 Å². The summed E-state index contributed by atoms with van der Waals surface area (Å²) in [5.41, 5.74) is 8.52. The molecule has 2 aliphatic rings. The third-order valence-electron chi connectivity index (χ3n) is 3.88. The number of fused-ring (bicyclic) bond motifs is 1. The monoisotopic (exact) mass is 310 g/mol. The molecular weight excluding hydrogens is 292 g/mol. The number of hydrogen-bond donors (Lipinski definition) is 2. The minimum atomic E-state index is 0.381. The SMILES string of the molecule is NC1CCC(NCc2cc(Br)cc3c2OCC3)C1. The smallest absolute Gasteiger partial charge is 0.127 e. The van der Waals surface area contributed by atoms with Crippen molar-refractivity contribution in [2.75, 3.05) is 6.61 Å². The summed E-state index contributed by atoms with van der Waals surface area (Å²) in [6, 6.07) is 5.27. The lowest BCUT2D eigenvalue weighted by molar-refractivity contribution is 0.351. The summed E-state index contributed by atoms with van der Waals surface area (Å²) in [4.78, 5) is 0. The van der Waals surface area contributed by atoms with Crippen LogP contribution in [0.3, 0.4) is 0 Å². The Hall–Kier alpha value is -0.580. The summed E-state index contributed by atoms with van der Waals surface area (Å²) in [6.07, 6.45) is 4.45. The van der Waals surface area contributed by atoms with Crippen LogP contribution < -0.4 is 15.8 Å². The molecule has 1 aromatic rings. The summed E-state index contributed by atoms with van der Waals surface area (Å²) in [6.45, 7) is 1.69. The molecule has 1 fully saturated rings. The molecule has 3 nitrogen and oxygen atoms in total. The van der Waals surface area contributed by atoms with E-state index in [0.29, 0.717) is 12.1 Å². The predicted octanol–water partition coefficient (Wildman–Crippen LogP) is 2.35. The van der Waals surface area contributed by atoms with E-state index in [0.717, 1.165) is 42.6 Å². The fraction of sp³-hybridized carbons (Fsp3) is 0.571. The average molecular weight is 311 g/mol. The molecule has 1 aliphatic heterocycles.